The van der Waals surface area contributed by atoms with Crippen LogP contribution in [0.5, 0.6) is 5.75 Å². The van der Waals surface area contributed by atoms with Gasteiger partial charge in [-0.3, -0.25) is 0 Å². The summed E-state index contributed by atoms with van der Waals surface area (Å²) in [6, 6.07) is 68.0. The number of benzene rings is 8. The van der Waals surface area contributed by atoms with E-state index in [0.29, 0.717) is 5.76 Å². The van der Waals surface area contributed by atoms with E-state index in [2.05, 4.69) is 207 Å². The summed E-state index contributed by atoms with van der Waals surface area (Å²) in [5.74, 6) is 1.52. The van der Waals surface area contributed by atoms with Crippen LogP contribution in [0.3, 0.4) is 0 Å². The Morgan fingerprint density at radius 3 is 1.71 bits per heavy atom. The summed E-state index contributed by atoms with van der Waals surface area (Å²) in [7, 11) is 0. The number of fused-ring (bicyclic) bond motifs is 6. The Morgan fingerprint density at radius 1 is 0.400 bits per heavy atom. The lowest BCUT2D eigenvalue weighted by Crippen LogP contribution is -2.17. The molecule has 0 unspecified atom stereocenters. The molecule has 8 aromatic carbocycles. The van der Waals surface area contributed by atoms with E-state index in [1.54, 1.807) is 0 Å². The fourth-order valence-electron chi connectivity index (χ4n) is 8.61. The molecule has 1 aliphatic carbocycles. The standard InChI is InChI=1S/C53H39NO/c1-35-43-18-10-11-19-45(43)48-32-39(25-31-52(48)55-35)37-22-26-41(27-23-37)54(42-28-30-47-46-20-12-13-21-49(46)53(2,3)50(47)34-42)51-33-40(36-14-6-4-7-15-36)24-29-44(51)38-16-8-5-9-17-38/h4-34H,1H2,2-3H3. The first-order valence-corrected chi connectivity index (χ1v) is 18.9. The van der Waals surface area contributed by atoms with Gasteiger partial charge in [0.25, 0.3) is 0 Å². The molecule has 0 saturated heterocycles. The molecular formula is C53H39NO. The molecule has 8 aromatic rings. The monoisotopic (exact) mass is 705 g/mol. The highest BCUT2D eigenvalue weighted by molar-refractivity contribution is 5.93. The van der Waals surface area contributed by atoms with Crippen LogP contribution in [0, 0.1) is 0 Å². The first-order valence-electron chi connectivity index (χ1n) is 18.9. The van der Waals surface area contributed by atoms with Crippen molar-refractivity contribution in [3.8, 4) is 61.4 Å². The second kappa shape index (κ2) is 12.9. The lowest BCUT2D eigenvalue weighted by atomic mass is 9.82. The van der Waals surface area contributed by atoms with Crippen molar-refractivity contribution in [3.63, 3.8) is 0 Å². The third-order valence-electron chi connectivity index (χ3n) is 11.4. The van der Waals surface area contributed by atoms with Crippen molar-refractivity contribution in [3.05, 3.63) is 211 Å². The van der Waals surface area contributed by atoms with Crippen molar-refractivity contribution < 1.29 is 4.74 Å². The molecule has 1 heterocycles. The minimum absolute atomic E-state index is 0.132. The average molecular weight is 706 g/mol. The fraction of sp³-hybridized carbons (Fsp3) is 0.0566. The number of nitrogens with zero attached hydrogens (tertiary/aromatic N) is 1. The minimum Gasteiger partial charge on any atom is -0.457 e. The molecule has 0 amide bonds. The lowest BCUT2D eigenvalue weighted by molar-refractivity contribution is 0.513. The summed E-state index contributed by atoms with van der Waals surface area (Å²) >= 11 is 0. The van der Waals surface area contributed by atoms with Crippen LogP contribution in [0.15, 0.2) is 195 Å². The van der Waals surface area contributed by atoms with E-state index < -0.39 is 0 Å². The van der Waals surface area contributed by atoms with Crippen LogP contribution in [0.2, 0.25) is 0 Å². The maximum absolute atomic E-state index is 6.15. The summed E-state index contributed by atoms with van der Waals surface area (Å²) in [4.78, 5) is 2.44. The maximum Gasteiger partial charge on any atom is 0.135 e. The number of anilines is 3. The van der Waals surface area contributed by atoms with Crippen LogP contribution in [-0.4, -0.2) is 0 Å². The Bertz CT molecular complexity index is 2760. The second-order valence-corrected chi connectivity index (χ2v) is 15.0. The molecule has 55 heavy (non-hydrogen) atoms. The zero-order valence-electron chi connectivity index (χ0n) is 31.0. The topological polar surface area (TPSA) is 12.5 Å². The fourth-order valence-corrected chi connectivity index (χ4v) is 8.61. The Kier molecular flexibility index (Phi) is 7.67. The van der Waals surface area contributed by atoms with E-state index in [9.17, 15) is 0 Å². The van der Waals surface area contributed by atoms with E-state index in [4.69, 9.17) is 4.74 Å². The van der Waals surface area contributed by atoms with E-state index in [-0.39, 0.29) is 5.41 Å². The molecule has 10 rings (SSSR count). The molecule has 0 saturated carbocycles. The zero-order valence-corrected chi connectivity index (χ0v) is 31.0. The van der Waals surface area contributed by atoms with Crippen LogP contribution >= 0.6 is 0 Å². The number of hydrogen-bond donors (Lipinski definition) is 0. The summed E-state index contributed by atoms with van der Waals surface area (Å²) < 4.78 is 6.15. The lowest BCUT2D eigenvalue weighted by Gasteiger charge is -2.30. The van der Waals surface area contributed by atoms with Crippen molar-refractivity contribution in [2.75, 3.05) is 4.90 Å². The predicted molar refractivity (Wildman–Crippen MR) is 230 cm³/mol. The molecule has 0 spiro atoms. The van der Waals surface area contributed by atoms with Gasteiger partial charge in [0, 0.05) is 33.5 Å². The van der Waals surface area contributed by atoms with E-state index in [1.165, 1.54) is 44.5 Å². The van der Waals surface area contributed by atoms with Gasteiger partial charge < -0.3 is 9.64 Å². The summed E-state index contributed by atoms with van der Waals surface area (Å²) in [6.45, 7) is 8.87. The highest BCUT2D eigenvalue weighted by atomic mass is 16.5. The highest BCUT2D eigenvalue weighted by Gasteiger charge is 2.36. The molecule has 2 nitrogen and oxygen atoms in total. The maximum atomic E-state index is 6.15. The first-order chi connectivity index (χ1) is 26.9. The molecule has 0 bridgehead atoms. The van der Waals surface area contributed by atoms with Crippen LogP contribution in [0.1, 0.15) is 30.5 Å². The molecule has 1 aliphatic heterocycles. The average Bonchev–Trinajstić information content (AvgIpc) is 3.47. The Morgan fingerprint density at radius 2 is 0.945 bits per heavy atom. The molecular weight excluding hydrogens is 667 g/mol. The molecule has 2 aliphatic rings. The van der Waals surface area contributed by atoms with Crippen molar-refractivity contribution in [1.29, 1.82) is 0 Å². The number of ether oxygens (including phenoxy) is 1. The van der Waals surface area contributed by atoms with Gasteiger partial charge in [0.2, 0.25) is 0 Å². The predicted octanol–water partition coefficient (Wildman–Crippen LogP) is 14.5. The van der Waals surface area contributed by atoms with Crippen LogP contribution in [0.4, 0.5) is 17.1 Å². The van der Waals surface area contributed by atoms with Gasteiger partial charge in [-0.05, 0) is 98.1 Å². The molecule has 0 radical (unpaired) electrons. The van der Waals surface area contributed by atoms with Crippen LogP contribution in [-0.2, 0) is 5.41 Å². The number of hydrogen-bond acceptors (Lipinski definition) is 2. The van der Waals surface area contributed by atoms with Crippen molar-refractivity contribution in [1.82, 2.24) is 0 Å². The summed E-state index contributed by atoms with van der Waals surface area (Å²) in [6.07, 6.45) is 0. The van der Waals surface area contributed by atoms with E-state index in [1.807, 2.05) is 6.07 Å². The first kappa shape index (κ1) is 32.7. The molecule has 262 valence electrons. The van der Waals surface area contributed by atoms with E-state index >= 15 is 0 Å². The van der Waals surface area contributed by atoms with Gasteiger partial charge in [0.05, 0.1) is 5.69 Å². The van der Waals surface area contributed by atoms with E-state index in [0.717, 1.165) is 50.6 Å². The van der Waals surface area contributed by atoms with Gasteiger partial charge in [0.1, 0.15) is 11.5 Å². The van der Waals surface area contributed by atoms with Gasteiger partial charge >= 0.3 is 0 Å². The van der Waals surface area contributed by atoms with Crippen molar-refractivity contribution >= 4 is 22.8 Å². The highest BCUT2D eigenvalue weighted by Crippen LogP contribution is 2.52. The van der Waals surface area contributed by atoms with Gasteiger partial charge in [0.15, 0.2) is 0 Å². The van der Waals surface area contributed by atoms with Crippen molar-refractivity contribution in [2.45, 2.75) is 19.3 Å². The molecule has 0 N–H and O–H groups in total. The van der Waals surface area contributed by atoms with Crippen LogP contribution < -0.4 is 9.64 Å². The summed E-state index contributed by atoms with van der Waals surface area (Å²) in [5, 5.41) is 0. The van der Waals surface area contributed by atoms with Crippen LogP contribution in [0.25, 0.3) is 61.4 Å². The van der Waals surface area contributed by atoms with Gasteiger partial charge in [-0.25, -0.2) is 0 Å². The summed E-state index contributed by atoms with van der Waals surface area (Å²) in [5.41, 5.74) is 18.8. The molecule has 0 atom stereocenters. The molecule has 2 heteroatoms. The molecule has 0 fully saturated rings. The van der Waals surface area contributed by atoms with Gasteiger partial charge in [-0.15, -0.1) is 0 Å². The Hall–Kier alpha value is -6.90. The SMILES string of the molecule is C=C1Oc2ccc(-c3ccc(N(c4ccc5c(c4)C(C)(C)c4ccccc4-5)c4cc(-c5ccccc5)ccc4-c4ccccc4)cc3)cc2-c2ccccc21. The molecule has 0 aromatic heterocycles. The minimum atomic E-state index is -0.132. The largest absolute Gasteiger partial charge is 0.457 e. The van der Waals surface area contributed by atoms with Gasteiger partial charge in [-0.1, -0.05) is 166 Å². The Balaban J connectivity index is 1.15. The number of rotatable bonds is 6. The van der Waals surface area contributed by atoms with Crippen molar-refractivity contribution in [2.24, 2.45) is 0 Å². The third-order valence-corrected chi connectivity index (χ3v) is 11.4. The quantitative estimate of drug-likeness (QED) is 0.171. The van der Waals surface area contributed by atoms with Gasteiger partial charge in [-0.2, -0.15) is 0 Å². The third kappa shape index (κ3) is 5.49. The smallest absolute Gasteiger partial charge is 0.135 e. The normalized spacial score (nSPS) is 13.2. The second-order valence-electron chi connectivity index (χ2n) is 15.0. The zero-order chi connectivity index (χ0) is 37.1. The Labute approximate surface area is 323 Å².